The number of nitrogens with zero attached hydrogens (tertiary/aromatic N) is 3. The Hall–Kier alpha value is -2.38. The summed E-state index contributed by atoms with van der Waals surface area (Å²) in [5.74, 6) is -0.0166. The Bertz CT molecular complexity index is 1370. The molecule has 1 aromatic heterocycles. The SMILES string of the molecule is Cc1ccc(Cl)c2c1N1C(=O)c3nn(CC4(O)CCNCC4)c(C(C)C)c3C1c1ccc(Cl)cc1-2. The van der Waals surface area contributed by atoms with Gasteiger partial charge in [-0.25, -0.2) is 0 Å². The second-order valence-corrected chi connectivity index (χ2v) is 11.2. The molecule has 3 aliphatic heterocycles. The number of carbonyl (C=O) groups excluding carboxylic acids is 1. The number of rotatable bonds is 3. The molecule has 1 atom stereocenters. The van der Waals surface area contributed by atoms with Gasteiger partial charge in [0.15, 0.2) is 5.69 Å². The molecule has 3 aromatic rings. The van der Waals surface area contributed by atoms with Crippen LogP contribution in [0.25, 0.3) is 11.1 Å². The molecule has 0 bridgehead atoms. The van der Waals surface area contributed by atoms with Crippen molar-refractivity contribution in [3.63, 3.8) is 0 Å². The molecule has 0 aliphatic carbocycles. The maximum Gasteiger partial charge on any atom is 0.280 e. The van der Waals surface area contributed by atoms with Gasteiger partial charge in [0.05, 0.1) is 28.9 Å². The average Bonchev–Trinajstić information content (AvgIpc) is 3.30. The van der Waals surface area contributed by atoms with E-state index >= 15 is 0 Å². The number of anilines is 1. The number of nitrogens with one attached hydrogen (secondary N) is 1. The number of benzene rings is 2. The predicted octanol–water partition coefficient (Wildman–Crippen LogP) is 5.47. The average molecular weight is 511 g/mol. The second kappa shape index (κ2) is 8.07. The lowest BCUT2D eigenvalue weighted by atomic mass is 9.84. The van der Waals surface area contributed by atoms with E-state index in [1.54, 1.807) is 0 Å². The molecule has 0 spiro atoms. The Kier molecular flexibility index (Phi) is 5.31. The summed E-state index contributed by atoms with van der Waals surface area (Å²) in [6, 6.07) is 9.32. The van der Waals surface area contributed by atoms with Crippen molar-refractivity contribution in [2.24, 2.45) is 0 Å². The quantitative estimate of drug-likeness (QED) is 0.490. The van der Waals surface area contributed by atoms with E-state index in [-0.39, 0.29) is 17.9 Å². The number of amides is 1. The summed E-state index contributed by atoms with van der Waals surface area (Å²) >= 11 is 13.2. The zero-order valence-electron chi connectivity index (χ0n) is 20.0. The Morgan fingerprint density at radius 1 is 1.20 bits per heavy atom. The Balaban J connectivity index is 1.58. The monoisotopic (exact) mass is 510 g/mol. The fraction of sp³-hybridized carbons (Fsp3) is 0.407. The third-order valence-electron chi connectivity index (χ3n) is 7.66. The summed E-state index contributed by atoms with van der Waals surface area (Å²) in [4.78, 5) is 15.9. The molecule has 2 N–H and O–H groups in total. The fourth-order valence-corrected chi connectivity index (χ4v) is 6.51. The van der Waals surface area contributed by atoms with E-state index in [1.807, 2.05) is 46.8 Å². The van der Waals surface area contributed by atoms with E-state index in [9.17, 15) is 9.90 Å². The van der Waals surface area contributed by atoms with Crippen LogP contribution in [0.3, 0.4) is 0 Å². The number of carbonyl (C=O) groups is 1. The van der Waals surface area contributed by atoms with E-state index in [4.69, 9.17) is 28.3 Å². The highest BCUT2D eigenvalue weighted by atomic mass is 35.5. The van der Waals surface area contributed by atoms with Crippen molar-refractivity contribution in [2.45, 2.75) is 57.7 Å². The molecule has 3 aliphatic rings. The standard InChI is InChI=1S/C27H28Cl2N4O2/c1-14(2)23-21-22(31-32(23)13-27(35)8-10-30-11-9-27)26(34)33-24-15(3)4-7-19(29)20(24)18-12-16(28)5-6-17(18)25(21)33/h4-7,12,14,25,30,35H,8-11,13H2,1-3H3. The Labute approximate surface area is 214 Å². The molecule has 6 rings (SSSR count). The molecule has 2 aromatic carbocycles. The van der Waals surface area contributed by atoms with Crippen molar-refractivity contribution in [3.05, 3.63) is 68.5 Å². The summed E-state index contributed by atoms with van der Waals surface area (Å²) in [6.07, 6.45) is 1.32. The highest BCUT2D eigenvalue weighted by Crippen LogP contribution is 2.56. The van der Waals surface area contributed by atoms with E-state index in [0.717, 1.165) is 52.3 Å². The van der Waals surface area contributed by atoms with Gasteiger partial charge >= 0.3 is 0 Å². The summed E-state index contributed by atoms with van der Waals surface area (Å²) < 4.78 is 1.89. The van der Waals surface area contributed by atoms with E-state index in [1.165, 1.54) is 0 Å². The third kappa shape index (κ3) is 3.38. The molecule has 0 radical (unpaired) electrons. The van der Waals surface area contributed by atoms with Gasteiger partial charge in [-0.1, -0.05) is 49.2 Å². The second-order valence-electron chi connectivity index (χ2n) is 10.3. The van der Waals surface area contributed by atoms with Gasteiger partial charge in [0.1, 0.15) is 0 Å². The molecule has 35 heavy (non-hydrogen) atoms. The maximum atomic E-state index is 14.0. The van der Waals surface area contributed by atoms with Crippen molar-refractivity contribution in [3.8, 4) is 11.1 Å². The van der Waals surface area contributed by atoms with Crippen LogP contribution in [-0.4, -0.2) is 39.5 Å². The third-order valence-corrected chi connectivity index (χ3v) is 8.21. The minimum Gasteiger partial charge on any atom is -0.388 e. The highest BCUT2D eigenvalue weighted by Gasteiger charge is 2.49. The predicted molar refractivity (Wildman–Crippen MR) is 139 cm³/mol. The number of halogens is 2. The molecule has 1 amide bonds. The van der Waals surface area contributed by atoms with Gasteiger partial charge in [0.2, 0.25) is 0 Å². The maximum absolute atomic E-state index is 14.0. The van der Waals surface area contributed by atoms with E-state index in [2.05, 4.69) is 19.2 Å². The van der Waals surface area contributed by atoms with E-state index < -0.39 is 5.60 Å². The van der Waals surface area contributed by atoms with Gasteiger partial charge in [0.25, 0.3) is 5.91 Å². The minimum absolute atomic E-state index is 0.113. The van der Waals surface area contributed by atoms with Crippen LogP contribution in [0.2, 0.25) is 10.0 Å². The summed E-state index contributed by atoms with van der Waals surface area (Å²) in [6.45, 7) is 8.17. The van der Waals surface area contributed by atoms with Crippen LogP contribution in [0, 0.1) is 6.92 Å². The zero-order valence-corrected chi connectivity index (χ0v) is 21.5. The van der Waals surface area contributed by atoms with Gasteiger partial charge in [-0.15, -0.1) is 0 Å². The van der Waals surface area contributed by atoms with Crippen LogP contribution in [0.4, 0.5) is 5.69 Å². The van der Waals surface area contributed by atoms with Gasteiger partial charge in [-0.05, 0) is 73.7 Å². The first-order valence-corrected chi connectivity index (χ1v) is 12.9. The molecular weight excluding hydrogens is 483 g/mol. The largest absolute Gasteiger partial charge is 0.388 e. The fourth-order valence-electron chi connectivity index (χ4n) is 6.08. The first-order chi connectivity index (χ1) is 16.7. The van der Waals surface area contributed by atoms with Crippen LogP contribution in [0.15, 0.2) is 30.3 Å². The smallest absolute Gasteiger partial charge is 0.280 e. The van der Waals surface area contributed by atoms with Crippen molar-refractivity contribution in [1.29, 1.82) is 0 Å². The minimum atomic E-state index is -0.841. The lowest BCUT2D eigenvalue weighted by molar-refractivity contribution is -0.00918. The lowest BCUT2D eigenvalue weighted by Crippen LogP contribution is -2.45. The number of hydrogen-bond acceptors (Lipinski definition) is 4. The van der Waals surface area contributed by atoms with Gasteiger partial charge in [-0.2, -0.15) is 5.10 Å². The molecule has 1 fully saturated rings. The summed E-state index contributed by atoms with van der Waals surface area (Å²) in [5, 5.41) is 20.7. The number of piperidine rings is 1. The van der Waals surface area contributed by atoms with Crippen molar-refractivity contribution < 1.29 is 9.90 Å². The van der Waals surface area contributed by atoms with Crippen molar-refractivity contribution in [2.75, 3.05) is 18.0 Å². The number of fused-ring (bicyclic) bond motifs is 8. The lowest BCUT2D eigenvalue weighted by Gasteiger charge is -2.37. The van der Waals surface area contributed by atoms with Crippen LogP contribution < -0.4 is 10.2 Å². The molecule has 1 saturated heterocycles. The van der Waals surface area contributed by atoms with Gasteiger partial charge in [0, 0.05) is 21.8 Å². The molecule has 182 valence electrons. The zero-order chi connectivity index (χ0) is 24.6. The highest BCUT2D eigenvalue weighted by molar-refractivity contribution is 6.35. The summed E-state index contributed by atoms with van der Waals surface area (Å²) in [5.41, 5.74) is 6.11. The number of aromatic nitrogens is 2. The van der Waals surface area contributed by atoms with E-state index in [0.29, 0.717) is 35.1 Å². The molecule has 6 nitrogen and oxygen atoms in total. The Morgan fingerprint density at radius 2 is 1.94 bits per heavy atom. The number of aliphatic hydroxyl groups is 1. The Morgan fingerprint density at radius 3 is 2.66 bits per heavy atom. The normalized spacial score (nSPS) is 20.0. The van der Waals surface area contributed by atoms with Gasteiger partial charge in [-0.3, -0.25) is 14.4 Å². The number of aryl methyl sites for hydroxylation is 1. The van der Waals surface area contributed by atoms with Crippen LogP contribution in [0.5, 0.6) is 0 Å². The molecule has 0 saturated carbocycles. The van der Waals surface area contributed by atoms with Crippen molar-refractivity contribution >= 4 is 34.8 Å². The van der Waals surface area contributed by atoms with Crippen LogP contribution >= 0.6 is 23.2 Å². The molecule has 8 heteroatoms. The van der Waals surface area contributed by atoms with Gasteiger partial charge < -0.3 is 10.4 Å². The molecule has 4 heterocycles. The number of hydrogen-bond donors (Lipinski definition) is 2. The van der Waals surface area contributed by atoms with Crippen molar-refractivity contribution in [1.82, 2.24) is 15.1 Å². The topological polar surface area (TPSA) is 70.4 Å². The summed E-state index contributed by atoms with van der Waals surface area (Å²) in [7, 11) is 0. The molecular formula is C27H28Cl2N4O2. The van der Waals surface area contributed by atoms with Crippen LogP contribution in [0.1, 0.15) is 71.5 Å². The van der Waals surface area contributed by atoms with Crippen LogP contribution in [-0.2, 0) is 6.54 Å². The first-order valence-electron chi connectivity index (χ1n) is 12.2. The molecule has 1 unspecified atom stereocenters. The first kappa shape index (κ1) is 23.0.